The second-order valence-electron chi connectivity index (χ2n) is 4.19. The number of carbonyl (C=O) groups excluding carboxylic acids is 1. The van der Waals surface area contributed by atoms with Crippen LogP contribution >= 0.6 is 27.5 Å². The fourth-order valence-corrected chi connectivity index (χ4v) is 2.42. The average Bonchev–Trinajstić information content (AvgIpc) is 2.32. The minimum atomic E-state index is 0.0342. The lowest BCUT2D eigenvalue weighted by atomic mass is 10.0. The molecule has 0 aromatic heterocycles. The molecule has 1 nitrogen and oxygen atoms in total. The monoisotopic (exact) mass is 322 g/mol. The summed E-state index contributed by atoms with van der Waals surface area (Å²) in [6.45, 7) is 2.01. The highest BCUT2D eigenvalue weighted by Gasteiger charge is 2.12. The first-order valence-corrected chi connectivity index (χ1v) is 6.78. The van der Waals surface area contributed by atoms with Crippen LogP contribution in [-0.2, 0) is 6.42 Å². The normalized spacial score (nSPS) is 10.4. The highest BCUT2D eigenvalue weighted by molar-refractivity contribution is 9.10. The van der Waals surface area contributed by atoms with Crippen molar-refractivity contribution in [1.29, 1.82) is 0 Å². The topological polar surface area (TPSA) is 17.1 Å². The van der Waals surface area contributed by atoms with Gasteiger partial charge in [-0.2, -0.15) is 0 Å². The van der Waals surface area contributed by atoms with Gasteiger partial charge in [0.25, 0.3) is 0 Å². The van der Waals surface area contributed by atoms with E-state index < -0.39 is 0 Å². The predicted molar refractivity (Wildman–Crippen MR) is 78.4 cm³/mol. The third-order valence-corrected chi connectivity index (χ3v) is 4.00. The van der Waals surface area contributed by atoms with Crippen LogP contribution in [-0.4, -0.2) is 5.78 Å². The quantitative estimate of drug-likeness (QED) is 0.739. The first-order valence-electron chi connectivity index (χ1n) is 5.60. The average molecular weight is 324 g/mol. The third kappa shape index (κ3) is 3.01. The first kappa shape index (κ1) is 13.3. The Bertz CT molecular complexity index is 593. The van der Waals surface area contributed by atoms with Crippen LogP contribution in [0.25, 0.3) is 0 Å². The van der Waals surface area contributed by atoms with E-state index in [0.717, 1.165) is 15.6 Å². The van der Waals surface area contributed by atoms with Crippen LogP contribution in [0.3, 0.4) is 0 Å². The van der Waals surface area contributed by atoms with Gasteiger partial charge < -0.3 is 0 Å². The molecule has 0 aliphatic carbocycles. The molecule has 0 N–H and O–H groups in total. The van der Waals surface area contributed by atoms with Gasteiger partial charge in [0.05, 0.1) is 5.02 Å². The molecule has 2 rings (SSSR count). The summed E-state index contributed by atoms with van der Waals surface area (Å²) in [5.41, 5.74) is 2.73. The maximum Gasteiger partial charge on any atom is 0.168 e. The minimum absolute atomic E-state index is 0.0342. The summed E-state index contributed by atoms with van der Waals surface area (Å²) >= 11 is 9.45. The molecule has 3 heteroatoms. The highest BCUT2D eigenvalue weighted by atomic mass is 79.9. The lowest BCUT2D eigenvalue weighted by Crippen LogP contribution is -2.04. The van der Waals surface area contributed by atoms with Crippen molar-refractivity contribution in [2.75, 3.05) is 0 Å². The molecule has 0 fully saturated rings. The van der Waals surface area contributed by atoms with Gasteiger partial charge in [-0.25, -0.2) is 0 Å². The molecule has 0 amide bonds. The number of halogens is 2. The van der Waals surface area contributed by atoms with Crippen LogP contribution in [0.1, 0.15) is 21.5 Å². The number of carbonyl (C=O) groups is 1. The van der Waals surface area contributed by atoms with E-state index in [2.05, 4.69) is 15.9 Å². The predicted octanol–water partition coefficient (Wildman–Crippen LogP) is 4.84. The maximum atomic E-state index is 12.2. The fourth-order valence-electron chi connectivity index (χ4n) is 1.82. The number of hydrogen-bond acceptors (Lipinski definition) is 1. The lowest BCUT2D eigenvalue weighted by molar-refractivity contribution is 0.0993. The number of ketones is 1. The Morgan fingerprint density at radius 2 is 1.94 bits per heavy atom. The van der Waals surface area contributed by atoms with Gasteiger partial charge in [-0.3, -0.25) is 4.79 Å². The summed E-state index contributed by atoms with van der Waals surface area (Å²) in [6, 6.07) is 13.3. The van der Waals surface area contributed by atoms with Gasteiger partial charge in [0.15, 0.2) is 5.78 Å². The molecule has 0 aliphatic heterocycles. The van der Waals surface area contributed by atoms with Crippen molar-refractivity contribution in [3.05, 3.63) is 68.7 Å². The third-order valence-electron chi connectivity index (χ3n) is 2.70. The summed E-state index contributed by atoms with van der Waals surface area (Å²) in [7, 11) is 0. The summed E-state index contributed by atoms with van der Waals surface area (Å²) < 4.78 is 0.749. The molecule has 0 radical (unpaired) electrons. The zero-order valence-electron chi connectivity index (χ0n) is 9.91. The molecule has 0 aliphatic rings. The van der Waals surface area contributed by atoms with Gasteiger partial charge in [-0.05, 0) is 40.5 Å². The van der Waals surface area contributed by atoms with Gasteiger partial charge in [-0.15, -0.1) is 0 Å². The number of Topliss-reactive ketones (excluding diaryl/α,β-unsaturated/α-hetero) is 1. The molecule has 0 bridgehead atoms. The Kier molecular flexibility index (Phi) is 4.20. The lowest BCUT2D eigenvalue weighted by Gasteiger charge is -2.06. The smallest absolute Gasteiger partial charge is 0.168 e. The maximum absolute atomic E-state index is 12.2. The van der Waals surface area contributed by atoms with Crippen molar-refractivity contribution in [3.8, 4) is 0 Å². The number of benzene rings is 2. The molecule has 0 saturated carbocycles. The van der Waals surface area contributed by atoms with Crippen molar-refractivity contribution >= 4 is 33.3 Å². The number of hydrogen-bond donors (Lipinski definition) is 0. The number of aryl methyl sites for hydroxylation is 1. The Hall–Kier alpha value is -1.12. The second kappa shape index (κ2) is 5.68. The molecule has 92 valence electrons. The van der Waals surface area contributed by atoms with Crippen LogP contribution in [0, 0.1) is 6.92 Å². The first-order chi connectivity index (χ1) is 8.58. The van der Waals surface area contributed by atoms with Gasteiger partial charge in [-0.1, -0.05) is 47.5 Å². The van der Waals surface area contributed by atoms with Gasteiger partial charge >= 0.3 is 0 Å². The zero-order chi connectivity index (χ0) is 13.1. The van der Waals surface area contributed by atoms with Gasteiger partial charge in [0.2, 0.25) is 0 Å². The summed E-state index contributed by atoms with van der Waals surface area (Å²) in [5, 5.41) is 0.482. The van der Waals surface area contributed by atoms with E-state index in [-0.39, 0.29) is 5.78 Å². The van der Waals surface area contributed by atoms with Gasteiger partial charge in [0.1, 0.15) is 0 Å². The summed E-state index contributed by atoms with van der Waals surface area (Å²) in [6.07, 6.45) is 0.373. The highest BCUT2D eigenvalue weighted by Crippen LogP contribution is 2.27. The van der Waals surface area contributed by atoms with Crippen LogP contribution < -0.4 is 0 Å². The Labute approximate surface area is 120 Å². The Balaban J connectivity index is 2.25. The minimum Gasteiger partial charge on any atom is -0.294 e. The molecule has 0 heterocycles. The second-order valence-corrected chi connectivity index (χ2v) is 5.42. The van der Waals surface area contributed by atoms with E-state index in [4.69, 9.17) is 11.6 Å². The van der Waals surface area contributed by atoms with E-state index in [9.17, 15) is 4.79 Å². The van der Waals surface area contributed by atoms with Gasteiger partial charge in [0, 0.05) is 16.5 Å². The zero-order valence-corrected chi connectivity index (χ0v) is 12.3. The van der Waals surface area contributed by atoms with E-state index in [1.54, 1.807) is 6.07 Å². The molecule has 0 atom stereocenters. The Morgan fingerprint density at radius 3 is 2.67 bits per heavy atom. The molecule has 0 saturated heterocycles. The van der Waals surface area contributed by atoms with Crippen molar-refractivity contribution in [2.24, 2.45) is 0 Å². The van der Waals surface area contributed by atoms with E-state index in [1.165, 1.54) is 0 Å². The van der Waals surface area contributed by atoms with Crippen LogP contribution in [0.4, 0.5) is 0 Å². The molecule has 0 unspecified atom stereocenters. The van der Waals surface area contributed by atoms with E-state index in [0.29, 0.717) is 17.0 Å². The van der Waals surface area contributed by atoms with Crippen LogP contribution in [0.2, 0.25) is 5.02 Å². The van der Waals surface area contributed by atoms with Crippen molar-refractivity contribution in [1.82, 2.24) is 0 Å². The Morgan fingerprint density at radius 1 is 1.22 bits per heavy atom. The fraction of sp³-hybridized carbons (Fsp3) is 0.133. The molecule has 2 aromatic carbocycles. The summed E-state index contributed by atoms with van der Waals surface area (Å²) in [4.78, 5) is 12.2. The van der Waals surface area contributed by atoms with E-state index in [1.807, 2.05) is 43.3 Å². The number of rotatable bonds is 3. The molecular weight excluding hydrogens is 312 g/mol. The van der Waals surface area contributed by atoms with E-state index >= 15 is 0 Å². The molecule has 18 heavy (non-hydrogen) atoms. The SMILES string of the molecule is Cc1cccc(CC(=O)c2cccc(Br)c2Cl)c1. The van der Waals surface area contributed by atoms with Crippen LogP contribution in [0.15, 0.2) is 46.9 Å². The standard InChI is InChI=1S/C15H12BrClO/c1-10-4-2-5-11(8-10)9-14(18)12-6-3-7-13(16)15(12)17/h2-8H,9H2,1H3. The molecular formula is C15H12BrClO. The van der Waals surface area contributed by atoms with Crippen LogP contribution in [0.5, 0.6) is 0 Å². The van der Waals surface area contributed by atoms with Crippen molar-refractivity contribution < 1.29 is 4.79 Å². The summed E-state index contributed by atoms with van der Waals surface area (Å²) in [5.74, 6) is 0.0342. The molecule has 2 aromatic rings. The molecule has 0 spiro atoms. The van der Waals surface area contributed by atoms with Crippen molar-refractivity contribution in [3.63, 3.8) is 0 Å². The van der Waals surface area contributed by atoms with Crippen molar-refractivity contribution in [2.45, 2.75) is 13.3 Å². The largest absolute Gasteiger partial charge is 0.294 e.